The number of alkyl halides is 3. The van der Waals surface area contributed by atoms with Crippen LogP contribution in [0.1, 0.15) is 12.8 Å². The van der Waals surface area contributed by atoms with E-state index in [0.717, 1.165) is 12.8 Å². The molecule has 0 unspecified atom stereocenters. The monoisotopic (exact) mass is 210 g/mol. The Kier molecular flexibility index (Phi) is 3.49. The molecule has 0 bridgehead atoms. The zero-order chi connectivity index (χ0) is 10.8. The first kappa shape index (κ1) is 11.5. The van der Waals surface area contributed by atoms with E-state index in [1.807, 2.05) is 0 Å². The second kappa shape index (κ2) is 4.27. The van der Waals surface area contributed by atoms with Gasteiger partial charge in [0, 0.05) is 12.6 Å². The molecule has 0 aromatic rings. The third-order valence-corrected chi connectivity index (χ3v) is 2.23. The Bertz CT molecular complexity index is 217. The van der Waals surface area contributed by atoms with Crippen LogP contribution >= 0.6 is 0 Å². The number of ketones is 1. The first-order valence-electron chi connectivity index (χ1n) is 4.47. The summed E-state index contributed by atoms with van der Waals surface area (Å²) < 4.78 is 35.7. The van der Waals surface area contributed by atoms with Crippen molar-refractivity contribution in [1.29, 1.82) is 0 Å². The third kappa shape index (κ3) is 3.26. The highest BCUT2D eigenvalue weighted by atomic mass is 19.4. The van der Waals surface area contributed by atoms with Gasteiger partial charge < -0.3 is 5.73 Å². The molecular weight excluding hydrogens is 197 g/mol. The van der Waals surface area contributed by atoms with Crippen LogP contribution in [-0.4, -0.2) is 42.5 Å². The fraction of sp³-hybridized carbons (Fsp3) is 0.875. The zero-order valence-electron chi connectivity index (χ0n) is 7.68. The standard InChI is InChI=1S/C8H13F3N2O/c9-8(10,11)7(14)5-13-3-1-2-6(12)4-13/h6H,1-5,12H2/t6-/m1/s1. The molecule has 2 N–H and O–H groups in total. The number of carbonyl (C=O) groups excluding carboxylic acids is 1. The van der Waals surface area contributed by atoms with E-state index in [9.17, 15) is 18.0 Å². The lowest BCUT2D eigenvalue weighted by molar-refractivity contribution is -0.172. The van der Waals surface area contributed by atoms with Gasteiger partial charge in [-0.1, -0.05) is 0 Å². The summed E-state index contributed by atoms with van der Waals surface area (Å²) in [5, 5.41) is 0. The van der Waals surface area contributed by atoms with Crippen molar-refractivity contribution in [2.75, 3.05) is 19.6 Å². The summed E-state index contributed by atoms with van der Waals surface area (Å²) in [6, 6.07) is -0.107. The minimum Gasteiger partial charge on any atom is -0.327 e. The first-order chi connectivity index (χ1) is 6.39. The van der Waals surface area contributed by atoms with Crippen LogP contribution in [0.4, 0.5) is 13.2 Å². The van der Waals surface area contributed by atoms with Crippen molar-refractivity contribution in [1.82, 2.24) is 4.90 Å². The minimum absolute atomic E-state index is 0.107. The van der Waals surface area contributed by atoms with Gasteiger partial charge in [-0.05, 0) is 19.4 Å². The summed E-state index contributed by atoms with van der Waals surface area (Å²) in [4.78, 5) is 12.1. The molecule has 6 heteroatoms. The summed E-state index contributed by atoms with van der Waals surface area (Å²) in [7, 11) is 0. The van der Waals surface area contributed by atoms with Crippen molar-refractivity contribution in [3.63, 3.8) is 0 Å². The maximum absolute atomic E-state index is 11.9. The average Bonchev–Trinajstić information content (AvgIpc) is 2.02. The summed E-state index contributed by atoms with van der Waals surface area (Å²) in [6.07, 6.45) is -3.15. The molecule has 1 fully saturated rings. The lowest BCUT2D eigenvalue weighted by Gasteiger charge is -2.30. The number of rotatable bonds is 2. The molecule has 3 nitrogen and oxygen atoms in total. The highest BCUT2D eigenvalue weighted by Gasteiger charge is 2.39. The number of nitrogens with two attached hydrogens (primary N) is 1. The van der Waals surface area contributed by atoms with Gasteiger partial charge in [0.15, 0.2) is 0 Å². The average molecular weight is 210 g/mol. The van der Waals surface area contributed by atoms with E-state index in [1.54, 1.807) is 0 Å². The predicted molar refractivity (Wildman–Crippen MR) is 44.7 cm³/mol. The Hall–Kier alpha value is -0.620. The summed E-state index contributed by atoms with van der Waals surface area (Å²) in [5.41, 5.74) is 5.58. The highest BCUT2D eigenvalue weighted by molar-refractivity contribution is 5.85. The molecule has 0 aromatic carbocycles. The maximum atomic E-state index is 11.9. The van der Waals surface area contributed by atoms with Crippen molar-refractivity contribution in [3.05, 3.63) is 0 Å². The van der Waals surface area contributed by atoms with Crippen molar-refractivity contribution >= 4 is 5.78 Å². The van der Waals surface area contributed by atoms with Gasteiger partial charge in [-0.2, -0.15) is 13.2 Å². The van der Waals surface area contributed by atoms with Gasteiger partial charge in [0.2, 0.25) is 5.78 Å². The van der Waals surface area contributed by atoms with Gasteiger partial charge in [0.1, 0.15) is 0 Å². The van der Waals surface area contributed by atoms with Crippen LogP contribution < -0.4 is 5.73 Å². The molecular formula is C8H13F3N2O. The minimum atomic E-state index is -4.72. The Labute approximate surface area is 80.0 Å². The van der Waals surface area contributed by atoms with Crippen LogP contribution in [0.15, 0.2) is 0 Å². The number of hydrogen-bond acceptors (Lipinski definition) is 3. The highest BCUT2D eigenvalue weighted by Crippen LogP contribution is 2.17. The van der Waals surface area contributed by atoms with Crippen LogP contribution in [0.2, 0.25) is 0 Å². The second-order valence-corrected chi connectivity index (χ2v) is 3.56. The smallest absolute Gasteiger partial charge is 0.327 e. The number of piperidine rings is 1. The molecule has 0 aromatic heterocycles. The summed E-state index contributed by atoms with van der Waals surface area (Å²) >= 11 is 0. The topological polar surface area (TPSA) is 46.3 Å². The quantitative estimate of drug-likeness (QED) is 0.723. The molecule has 0 spiro atoms. The van der Waals surface area contributed by atoms with Crippen LogP contribution in [0.5, 0.6) is 0 Å². The Morgan fingerprint density at radius 3 is 2.64 bits per heavy atom. The fourth-order valence-electron chi connectivity index (χ4n) is 1.53. The number of likely N-dealkylation sites (tertiary alicyclic amines) is 1. The van der Waals surface area contributed by atoms with E-state index < -0.39 is 18.5 Å². The first-order valence-corrected chi connectivity index (χ1v) is 4.47. The predicted octanol–water partition coefficient (Wildman–Crippen LogP) is 0.541. The Morgan fingerprint density at radius 1 is 1.50 bits per heavy atom. The maximum Gasteiger partial charge on any atom is 0.451 e. The molecule has 82 valence electrons. The molecule has 0 radical (unpaired) electrons. The van der Waals surface area contributed by atoms with E-state index in [1.165, 1.54) is 4.90 Å². The van der Waals surface area contributed by atoms with Gasteiger partial charge >= 0.3 is 6.18 Å². The number of halogens is 3. The molecule has 1 heterocycles. The number of nitrogens with zero attached hydrogens (tertiary/aromatic N) is 1. The summed E-state index contributed by atoms with van der Waals surface area (Å²) in [5.74, 6) is -1.69. The van der Waals surface area contributed by atoms with Gasteiger partial charge in [0.05, 0.1) is 6.54 Å². The molecule has 0 saturated carbocycles. The van der Waals surface area contributed by atoms with Crippen molar-refractivity contribution in [2.24, 2.45) is 5.73 Å². The lowest BCUT2D eigenvalue weighted by atomic mass is 10.1. The van der Waals surface area contributed by atoms with E-state index >= 15 is 0 Å². The molecule has 0 aliphatic carbocycles. The molecule has 1 rings (SSSR count). The largest absolute Gasteiger partial charge is 0.451 e. The molecule has 1 aliphatic rings. The van der Waals surface area contributed by atoms with Gasteiger partial charge in [-0.25, -0.2) is 0 Å². The number of carbonyl (C=O) groups is 1. The SMILES string of the molecule is N[C@@H]1CCCN(CC(=O)C(F)(F)F)C1. The fourth-order valence-corrected chi connectivity index (χ4v) is 1.53. The third-order valence-electron chi connectivity index (χ3n) is 2.23. The van der Waals surface area contributed by atoms with E-state index in [-0.39, 0.29) is 6.04 Å². The second-order valence-electron chi connectivity index (χ2n) is 3.56. The Morgan fingerprint density at radius 2 is 2.14 bits per heavy atom. The van der Waals surface area contributed by atoms with Crippen LogP contribution in [0.3, 0.4) is 0 Å². The zero-order valence-corrected chi connectivity index (χ0v) is 7.68. The van der Waals surface area contributed by atoms with E-state index in [0.29, 0.717) is 13.1 Å². The van der Waals surface area contributed by atoms with Crippen molar-refractivity contribution in [2.45, 2.75) is 25.1 Å². The number of hydrogen-bond donors (Lipinski definition) is 1. The van der Waals surface area contributed by atoms with Gasteiger partial charge in [0.25, 0.3) is 0 Å². The normalized spacial score (nSPS) is 25.0. The molecule has 1 saturated heterocycles. The van der Waals surface area contributed by atoms with Crippen molar-refractivity contribution in [3.8, 4) is 0 Å². The van der Waals surface area contributed by atoms with Gasteiger partial charge in [-0.15, -0.1) is 0 Å². The lowest BCUT2D eigenvalue weighted by Crippen LogP contribution is -2.46. The van der Waals surface area contributed by atoms with Crippen LogP contribution in [-0.2, 0) is 4.79 Å². The van der Waals surface area contributed by atoms with E-state index in [2.05, 4.69) is 0 Å². The van der Waals surface area contributed by atoms with Gasteiger partial charge in [-0.3, -0.25) is 9.69 Å². The van der Waals surface area contributed by atoms with E-state index in [4.69, 9.17) is 5.73 Å². The van der Waals surface area contributed by atoms with Crippen LogP contribution in [0, 0.1) is 0 Å². The molecule has 14 heavy (non-hydrogen) atoms. The van der Waals surface area contributed by atoms with Crippen molar-refractivity contribution < 1.29 is 18.0 Å². The molecule has 1 atom stereocenters. The molecule has 1 aliphatic heterocycles. The Balaban J connectivity index is 2.40. The summed E-state index contributed by atoms with van der Waals surface area (Å²) in [6.45, 7) is 0.342. The molecule has 0 amide bonds. The van der Waals surface area contributed by atoms with Crippen LogP contribution in [0.25, 0.3) is 0 Å². The number of Topliss-reactive ketones (excluding diaryl/α,β-unsaturated/α-hetero) is 1.